The van der Waals surface area contributed by atoms with Crippen LogP contribution in [0, 0.1) is 10.2 Å². The van der Waals surface area contributed by atoms with Crippen molar-refractivity contribution in [3.63, 3.8) is 0 Å². The first-order valence-corrected chi connectivity index (χ1v) is 6.82. The molecule has 0 saturated heterocycles. The van der Waals surface area contributed by atoms with Crippen molar-refractivity contribution < 1.29 is 0 Å². The molecule has 1 N–H and O–H groups in total. The molecule has 1 heterocycles. The third-order valence-electron chi connectivity index (χ3n) is 3.91. The quantitative estimate of drug-likeness (QED) is 0.799. The van der Waals surface area contributed by atoms with E-state index in [0.29, 0.717) is 5.41 Å². The zero-order chi connectivity index (χ0) is 11.9. The molecule has 1 aromatic heterocycles. The number of H-pyrrole nitrogens is 1. The van der Waals surface area contributed by atoms with Gasteiger partial charge in [-0.15, -0.1) is 0 Å². The van der Waals surface area contributed by atoms with Crippen LogP contribution in [0.25, 0.3) is 11.0 Å². The summed E-state index contributed by atoms with van der Waals surface area (Å²) in [5.74, 6) is 0. The van der Waals surface area contributed by atoms with E-state index >= 15 is 0 Å². The molecule has 3 heteroatoms. The second-order valence-corrected chi connectivity index (χ2v) is 5.67. The van der Waals surface area contributed by atoms with Crippen LogP contribution in [0.3, 0.4) is 0 Å². The number of hydrogen-bond acceptors (Lipinski definition) is 1. The first-order chi connectivity index (χ1) is 8.24. The van der Waals surface area contributed by atoms with Gasteiger partial charge in [-0.1, -0.05) is 25.5 Å². The monoisotopic (exact) mass is 246 g/mol. The molecule has 1 fully saturated rings. The number of benzene rings is 1. The van der Waals surface area contributed by atoms with Crippen LogP contribution in [-0.4, -0.2) is 9.55 Å². The predicted octanol–water partition coefficient (Wildman–Crippen LogP) is 4.28. The Hall–Kier alpha value is -1.09. The van der Waals surface area contributed by atoms with Crippen molar-refractivity contribution in [3.8, 4) is 0 Å². The minimum absolute atomic E-state index is 0.540. The fourth-order valence-corrected chi connectivity index (χ4v) is 3.07. The normalized spacial score (nSPS) is 17.5. The number of nitrogens with zero attached hydrogens (tertiary/aromatic N) is 1. The number of rotatable bonds is 4. The second kappa shape index (κ2) is 3.98. The molecule has 0 amide bonds. The van der Waals surface area contributed by atoms with Crippen molar-refractivity contribution in [2.75, 3.05) is 0 Å². The SMILES string of the molecule is CCCC1(Cn2c(=S)[nH]c3ccccc32)CC1. The minimum atomic E-state index is 0.540. The van der Waals surface area contributed by atoms with E-state index in [1.807, 2.05) is 0 Å². The summed E-state index contributed by atoms with van der Waals surface area (Å²) in [7, 11) is 0. The highest BCUT2D eigenvalue weighted by Crippen LogP contribution is 2.51. The Bertz CT molecular complexity index is 590. The van der Waals surface area contributed by atoms with Gasteiger partial charge in [0.2, 0.25) is 0 Å². The summed E-state index contributed by atoms with van der Waals surface area (Å²) in [6.07, 6.45) is 5.33. The van der Waals surface area contributed by atoms with Gasteiger partial charge in [-0.05, 0) is 49.0 Å². The van der Waals surface area contributed by atoms with Crippen LogP contribution in [0.15, 0.2) is 24.3 Å². The van der Waals surface area contributed by atoms with Gasteiger partial charge >= 0.3 is 0 Å². The third-order valence-corrected chi connectivity index (χ3v) is 4.24. The maximum absolute atomic E-state index is 5.44. The van der Waals surface area contributed by atoms with Crippen molar-refractivity contribution in [3.05, 3.63) is 29.0 Å². The first kappa shape index (κ1) is 11.0. The molecule has 3 rings (SSSR count). The van der Waals surface area contributed by atoms with Gasteiger partial charge < -0.3 is 9.55 Å². The number of aromatic amines is 1. The molecule has 1 aliphatic rings. The average Bonchev–Trinajstić information content (AvgIpc) is 3.00. The molecular weight excluding hydrogens is 228 g/mol. The van der Waals surface area contributed by atoms with E-state index in [-0.39, 0.29) is 0 Å². The Balaban J connectivity index is 2.00. The van der Waals surface area contributed by atoms with E-state index in [4.69, 9.17) is 12.2 Å². The Morgan fingerprint density at radius 2 is 2.12 bits per heavy atom. The van der Waals surface area contributed by atoms with Gasteiger partial charge in [0.05, 0.1) is 11.0 Å². The minimum Gasteiger partial charge on any atom is -0.331 e. The van der Waals surface area contributed by atoms with E-state index in [1.165, 1.54) is 31.2 Å². The zero-order valence-electron chi connectivity index (χ0n) is 10.2. The molecule has 1 saturated carbocycles. The Morgan fingerprint density at radius 3 is 2.82 bits per heavy atom. The lowest BCUT2D eigenvalue weighted by Crippen LogP contribution is -2.11. The fourth-order valence-electron chi connectivity index (χ4n) is 2.79. The van der Waals surface area contributed by atoms with Crippen LogP contribution in [0.4, 0.5) is 0 Å². The zero-order valence-corrected chi connectivity index (χ0v) is 11.0. The third kappa shape index (κ3) is 1.93. The lowest BCUT2D eigenvalue weighted by molar-refractivity contribution is 0.391. The fraction of sp³-hybridized carbons (Fsp3) is 0.500. The van der Waals surface area contributed by atoms with E-state index in [1.54, 1.807) is 0 Å². The van der Waals surface area contributed by atoms with Gasteiger partial charge in [-0.3, -0.25) is 0 Å². The van der Waals surface area contributed by atoms with Gasteiger partial charge in [-0.2, -0.15) is 0 Å². The van der Waals surface area contributed by atoms with Gasteiger partial charge in [0, 0.05) is 6.54 Å². The highest BCUT2D eigenvalue weighted by atomic mass is 32.1. The van der Waals surface area contributed by atoms with Crippen LogP contribution in [0.2, 0.25) is 0 Å². The summed E-state index contributed by atoms with van der Waals surface area (Å²) in [5.41, 5.74) is 2.95. The van der Waals surface area contributed by atoms with Crippen molar-refractivity contribution >= 4 is 23.3 Å². The Labute approximate surface area is 107 Å². The lowest BCUT2D eigenvalue weighted by Gasteiger charge is -2.15. The van der Waals surface area contributed by atoms with Crippen molar-refractivity contribution in [2.24, 2.45) is 5.41 Å². The maximum atomic E-state index is 5.44. The lowest BCUT2D eigenvalue weighted by atomic mass is 10.0. The summed E-state index contributed by atoms with van der Waals surface area (Å²) < 4.78 is 3.15. The number of hydrogen-bond donors (Lipinski definition) is 1. The smallest absolute Gasteiger partial charge is 0.178 e. The number of fused-ring (bicyclic) bond motifs is 1. The molecule has 0 radical (unpaired) electrons. The van der Waals surface area contributed by atoms with E-state index < -0.39 is 0 Å². The molecule has 0 bridgehead atoms. The summed E-state index contributed by atoms with van der Waals surface area (Å²) in [5, 5.41) is 0. The molecule has 90 valence electrons. The summed E-state index contributed by atoms with van der Waals surface area (Å²) >= 11 is 5.44. The van der Waals surface area contributed by atoms with Crippen molar-refractivity contribution in [1.29, 1.82) is 0 Å². The van der Waals surface area contributed by atoms with Crippen LogP contribution in [0.5, 0.6) is 0 Å². The van der Waals surface area contributed by atoms with E-state index in [0.717, 1.165) is 16.8 Å². The second-order valence-electron chi connectivity index (χ2n) is 5.28. The number of aromatic nitrogens is 2. The maximum Gasteiger partial charge on any atom is 0.178 e. The highest BCUT2D eigenvalue weighted by Gasteiger charge is 2.42. The summed E-state index contributed by atoms with van der Waals surface area (Å²) in [4.78, 5) is 3.30. The Kier molecular flexibility index (Phi) is 2.58. The molecule has 0 aliphatic heterocycles. The molecule has 0 atom stereocenters. The topological polar surface area (TPSA) is 20.7 Å². The number of imidazole rings is 1. The van der Waals surface area contributed by atoms with Crippen molar-refractivity contribution in [1.82, 2.24) is 9.55 Å². The van der Waals surface area contributed by atoms with E-state index in [2.05, 4.69) is 40.7 Å². The average molecular weight is 246 g/mol. The molecule has 2 aromatic rings. The van der Waals surface area contributed by atoms with Crippen molar-refractivity contribution in [2.45, 2.75) is 39.2 Å². The van der Waals surface area contributed by atoms with Gasteiger partial charge in [0.1, 0.15) is 0 Å². The molecule has 0 spiro atoms. The van der Waals surface area contributed by atoms with Crippen LogP contribution in [0.1, 0.15) is 32.6 Å². The molecule has 0 unspecified atom stereocenters. The Morgan fingerprint density at radius 1 is 1.35 bits per heavy atom. The first-order valence-electron chi connectivity index (χ1n) is 6.42. The number of para-hydroxylation sites is 2. The standard InChI is InChI=1S/C14H18N2S/c1-2-7-14(8-9-14)10-16-12-6-4-3-5-11(12)15-13(16)17/h3-6H,2,7-10H2,1H3,(H,15,17). The van der Waals surface area contributed by atoms with Gasteiger partial charge in [0.25, 0.3) is 0 Å². The molecule has 17 heavy (non-hydrogen) atoms. The van der Waals surface area contributed by atoms with E-state index in [9.17, 15) is 0 Å². The predicted molar refractivity (Wildman–Crippen MR) is 73.7 cm³/mol. The van der Waals surface area contributed by atoms with Crippen LogP contribution < -0.4 is 0 Å². The van der Waals surface area contributed by atoms with Gasteiger partial charge in [-0.25, -0.2) is 0 Å². The van der Waals surface area contributed by atoms with Crippen LogP contribution in [-0.2, 0) is 6.54 Å². The highest BCUT2D eigenvalue weighted by molar-refractivity contribution is 7.71. The molecular formula is C14H18N2S. The largest absolute Gasteiger partial charge is 0.331 e. The molecule has 1 aromatic carbocycles. The summed E-state index contributed by atoms with van der Waals surface area (Å²) in [6.45, 7) is 3.36. The van der Waals surface area contributed by atoms with Crippen LogP contribution >= 0.6 is 12.2 Å². The summed E-state index contributed by atoms with van der Waals surface area (Å²) in [6, 6.07) is 8.39. The number of nitrogens with one attached hydrogen (secondary N) is 1. The molecule has 1 aliphatic carbocycles. The van der Waals surface area contributed by atoms with Gasteiger partial charge in [0.15, 0.2) is 4.77 Å². The molecule has 2 nitrogen and oxygen atoms in total.